The Kier molecular flexibility index (Phi) is 4.21. The van der Waals surface area contributed by atoms with Crippen LogP contribution in [0.15, 0.2) is 11.1 Å². The SMILES string of the molecule is CCCN=C(N)Nc1c(Cl)cc(Cl)c2nsnc12. The fourth-order valence-corrected chi connectivity index (χ4v) is 2.55. The summed E-state index contributed by atoms with van der Waals surface area (Å²) >= 11 is 13.2. The molecular formula is C10H11Cl2N5S. The number of anilines is 1. The third kappa shape index (κ3) is 2.66. The van der Waals surface area contributed by atoms with Crippen molar-refractivity contribution in [2.75, 3.05) is 11.9 Å². The second-order valence-corrected chi connectivity index (χ2v) is 4.91. The molecule has 1 aromatic carbocycles. The highest BCUT2D eigenvalue weighted by Crippen LogP contribution is 2.34. The van der Waals surface area contributed by atoms with E-state index in [-0.39, 0.29) is 0 Å². The van der Waals surface area contributed by atoms with E-state index in [1.54, 1.807) is 6.07 Å². The summed E-state index contributed by atoms with van der Waals surface area (Å²) in [6.07, 6.45) is 0.921. The van der Waals surface area contributed by atoms with Crippen LogP contribution in [0.3, 0.4) is 0 Å². The number of nitrogens with two attached hydrogens (primary N) is 1. The molecule has 0 saturated heterocycles. The number of aromatic nitrogens is 2. The van der Waals surface area contributed by atoms with Crippen LogP contribution in [0.5, 0.6) is 0 Å². The van der Waals surface area contributed by atoms with Crippen LogP contribution in [-0.2, 0) is 0 Å². The second kappa shape index (κ2) is 5.69. The smallest absolute Gasteiger partial charge is 0.193 e. The lowest BCUT2D eigenvalue weighted by molar-refractivity contribution is 0.929. The predicted octanol–water partition coefficient (Wildman–Crippen LogP) is 3.13. The maximum absolute atomic E-state index is 6.12. The first-order chi connectivity index (χ1) is 8.63. The molecule has 0 amide bonds. The van der Waals surface area contributed by atoms with Crippen LogP contribution in [-0.4, -0.2) is 21.3 Å². The first kappa shape index (κ1) is 13.3. The fourth-order valence-electron chi connectivity index (χ4n) is 1.39. The molecule has 0 aliphatic rings. The molecule has 0 saturated carbocycles. The van der Waals surface area contributed by atoms with Crippen molar-refractivity contribution in [1.29, 1.82) is 0 Å². The number of hydrogen-bond acceptors (Lipinski definition) is 4. The van der Waals surface area contributed by atoms with Crippen LogP contribution in [0.1, 0.15) is 13.3 Å². The first-order valence-corrected chi connectivity index (χ1v) is 6.79. The molecule has 3 N–H and O–H groups in total. The molecule has 1 aromatic heterocycles. The van der Waals surface area contributed by atoms with Crippen molar-refractivity contribution in [1.82, 2.24) is 8.75 Å². The lowest BCUT2D eigenvalue weighted by Gasteiger charge is -2.08. The lowest BCUT2D eigenvalue weighted by Crippen LogP contribution is -2.23. The molecule has 2 rings (SSSR count). The van der Waals surface area contributed by atoms with Crippen molar-refractivity contribution >= 4 is 57.6 Å². The van der Waals surface area contributed by atoms with Gasteiger partial charge in [0.1, 0.15) is 11.0 Å². The average Bonchev–Trinajstić information content (AvgIpc) is 2.81. The summed E-state index contributed by atoms with van der Waals surface area (Å²) in [4.78, 5) is 4.14. The van der Waals surface area contributed by atoms with E-state index in [2.05, 4.69) is 19.1 Å². The quantitative estimate of drug-likeness (QED) is 0.674. The Hall–Kier alpha value is -1.11. The normalized spacial score (nSPS) is 12.1. The minimum Gasteiger partial charge on any atom is -0.370 e. The summed E-state index contributed by atoms with van der Waals surface area (Å²) in [6, 6.07) is 1.61. The van der Waals surface area contributed by atoms with E-state index < -0.39 is 0 Å². The van der Waals surface area contributed by atoms with E-state index in [4.69, 9.17) is 28.9 Å². The predicted molar refractivity (Wildman–Crippen MR) is 77.8 cm³/mol. The number of rotatable bonds is 3. The van der Waals surface area contributed by atoms with Crippen LogP contribution < -0.4 is 11.1 Å². The van der Waals surface area contributed by atoms with Gasteiger partial charge in [-0.3, -0.25) is 4.99 Å². The molecule has 0 fully saturated rings. The molecule has 2 aromatic rings. The van der Waals surface area contributed by atoms with Gasteiger partial charge >= 0.3 is 0 Å². The van der Waals surface area contributed by atoms with Gasteiger partial charge in [0, 0.05) is 6.54 Å². The number of hydrogen-bond donors (Lipinski definition) is 2. The Morgan fingerprint density at radius 3 is 2.83 bits per heavy atom. The maximum Gasteiger partial charge on any atom is 0.193 e. The van der Waals surface area contributed by atoms with E-state index >= 15 is 0 Å². The Morgan fingerprint density at radius 1 is 1.39 bits per heavy atom. The summed E-state index contributed by atoms with van der Waals surface area (Å²) in [5.74, 6) is 0.301. The second-order valence-electron chi connectivity index (χ2n) is 3.57. The molecule has 18 heavy (non-hydrogen) atoms. The minimum absolute atomic E-state index is 0.301. The molecule has 96 valence electrons. The summed E-state index contributed by atoms with van der Waals surface area (Å²) in [7, 11) is 0. The molecule has 0 bridgehead atoms. The number of fused-ring (bicyclic) bond motifs is 1. The van der Waals surface area contributed by atoms with E-state index in [0.29, 0.717) is 39.3 Å². The highest BCUT2D eigenvalue weighted by atomic mass is 35.5. The van der Waals surface area contributed by atoms with Crippen molar-refractivity contribution in [3.05, 3.63) is 16.1 Å². The highest BCUT2D eigenvalue weighted by molar-refractivity contribution is 7.00. The van der Waals surface area contributed by atoms with E-state index in [0.717, 1.165) is 18.1 Å². The third-order valence-corrected chi connectivity index (χ3v) is 3.32. The zero-order valence-electron chi connectivity index (χ0n) is 9.57. The average molecular weight is 304 g/mol. The summed E-state index contributed by atoms with van der Waals surface area (Å²) in [5, 5.41) is 3.85. The van der Waals surface area contributed by atoms with E-state index in [1.165, 1.54) is 0 Å². The zero-order valence-corrected chi connectivity index (χ0v) is 11.9. The van der Waals surface area contributed by atoms with E-state index in [1.807, 2.05) is 6.92 Å². The Balaban J connectivity index is 2.41. The number of guanidine groups is 1. The van der Waals surface area contributed by atoms with Crippen molar-refractivity contribution in [3.8, 4) is 0 Å². The van der Waals surface area contributed by atoms with Gasteiger partial charge in [-0.1, -0.05) is 30.1 Å². The molecule has 0 radical (unpaired) electrons. The summed E-state index contributed by atoms with van der Waals surface area (Å²) in [6.45, 7) is 2.68. The van der Waals surface area contributed by atoms with Crippen LogP contribution in [0.2, 0.25) is 10.0 Å². The standard InChI is InChI=1S/C10H11Cl2N5S/c1-2-3-14-10(13)15-7-5(11)4-6(12)8-9(7)17-18-16-8/h4H,2-3H2,1H3,(H3,13,14,15). The van der Waals surface area contributed by atoms with Crippen LogP contribution >= 0.6 is 34.9 Å². The number of nitrogens with one attached hydrogen (secondary N) is 1. The highest BCUT2D eigenvalue weighted by Gasteiger charge is 2.14. The number of halogens is 2. The Bertz CT molecular complexity index is 595. The largest absolute Gasteiger partial charge is 0.370 e. The molecule has 0 aliphatic heterocycles. The molecule has 0 spiro atoms. The lowest BCUT2D eigenvalue weighted by atomic mass is 10.2. The van der Waals surface area contributed by atoms with Crippen LogP contribution in [0.4, 0.5) is 5.69 Å². The first-order valence-electron chi connectivity index (χ1n) is 5.30. The van der Waals surface area contributed by atoms with Gasteiger partial charge in [-0.2, -0.15) is 8.75 Å². The minimum atomic E-state index is 0.301. The van der Waals surface area contributed by atoms with Gasteiger partial charge in [0.05, 0.1) is 27.5 Å². The molecule has 5 nitrogen and oxygen atoms in total. The monoisotopic (exact) mass is 303 g/mol. The molecular weight excluding hydrogens is 293 g/mol. The van der Waals surface area contributed by atoms with Gasteiger partial charge < -0.3 is 11.1 Å². The van der Waals surface area contributed by atoms with Crippen LogP contribution in [0.25, 0.3) is 11.0 Å². The van der Waals surface area contributed by atoms with Crippen LogP contribution in [0, 0.1) is 0 Å². The molecule has 8 heteroatoms. The van der Waals surface area contributed by atoms with Crippen molar-refractivity contribution in [2.24, 2.45) is 10.7 Å². The number of benzene rings is 1. The van der Waals surface area contributed by atoms with Crippen molar-refractivity contribution in [2.45, 2.75) is 13.3 Å². The molecule has 0 unspecified atom stereocenters. The van der Waals surface area contributed by atoms with Gasteiger partial charge in [-0.05, 0) is 12.5 Å². The van der Waals surface area contributed by atoms with E-state index in [9.17, 15) is 0 Å². The maximum atomic E-state index is 6.12. The third-order valence-electron chi connectivity index (χ3n) is 2.20. The van der Waals surface area contributed by atoms with Crippen molar-refractivity contribution < 1.29 is 0 Å². The number of nitrogens with zero attached hydrogens (tertiary/aromatic N) is 3. The Labute approximate surface area is 118 Å². The fraction of sp³-hybridized carbons (Fsp3) is 0.300. The van der Waals surface area contributed by atoms with Gasteiger partial charge in [0.15, 0.2) is 5.96 Å². The summed E-state index contributed by atoms with van der Waals surface area (Å²) in [5.41, 5.74) is 7.56. The number of aliphatic imine (C=N–C) groups is 1. The molecule has 0 aliphatic carbocycles. The zero-order chi connectivity index (χ0) is 13.1. The molecule has 1 heterocycles. The Morgan fingerprint density at radius 2 is 2.11 bits per heavy atom. The van der Waals surface area contributed by atoms with Gasteiger partial charge in [0.2, 0.25) is 0 Å². The topological polar surface area (TPSA) is 76.2 Å². The molecule has 0 atom stereocenters. The van der Waals surface area contributed by atoms with Gasteiger partial charge in [0.25, 0.3) is 0 Å². The summed E-state index contributed by atoms with van der Waals surface area (Å²) < 4.78 is 8.27. The van der Waals surface area contributed by atoms with Crippen molar-refractivity contribution in [3.63, 3.8) is 0 Å². The van der Waals surface area contributed by atoms with Gasteiger partial charge in [-0.15, -0.1) is 0 Å². The van der Waals surface area contributed by atoms with Gasteiger partial charge in [-0.25, -0.2) is 0 Å².